The first-order chi connectivity index (χ1) is 8.43. The third-order valence-electron chi connectivity index (χ3n) is 2.03. The van der Waals surface area contributed by atoms with Gasteiger partial charge in [0.2, 0.25) is 0 Å². The second-order valence-electron chi connectivity index (χ2n) is 3.57. The van der Waals surface area contributed by atoms with Crippen molar-refractivity contribution in [1.82, 2.24) is 5.32 Å². The first-order valence-electron chi connectivity index (χ1n) is 5.02. The van der Waals surface area contributed by atoms with Crippen LogP contribution in [0.2, 0.25) is 0 Å². The Labute approximate surface area is 103 Å². The van der Waals surface area contributed by atoms with Gasteiger partial charge in [0, 0.05) is 12.1 Å². The van der Waals surface area contributed by atoms with Crippen molar-refractivity contribution >= 4 is 6.09 Å². The zero-order valence-corrected chi connectivity index (χ0v) is 9.54. The maximum atomic E-state index is 13.3. The molecule has 0 unspecified atom stereocenters. The number of carboxylic acid groups (broad SMARTS) is 1. The molecule has 1 amide bonds. The zero-order chi connectivity index (χ0) is 13.7. The summed E-state index contributed by atoms with van der Waals surface area (Å²) in [6.07, 6.45) is 3.73. The Morgan fingerprint density at radius 2 is 2.11 bits per heavy atom. The lowest BCUT2D eigenvalue weighted by Gasteiger charge is -2.13. The SMILES string of the molecule is C#Cc1c(F)cc(OC[C@H](C)NC(=O)O)cc1F. The summed E-state index contributed by atoms with van der Waals surface area (Å²) in [6.45, 7) is 1.50. The molecule has 1 aromatic carbocycles. The minimum absolute atomic E-state index is 0.0527. The molecule has 0 heterocycles. The second-order valence-corrected chi connectivity index (χ2v) is 3.57. The van der Waals surface area contributed by atoms with E-state index in [4.69, 9.17) is 16.3 Å². The number of hydrogen-bond acceptors (Lipinski definition) is 2. The molecule has 0 saturated heterocycles. The highest BCUT2D eigenvalue weighted by atomic mass is 19.1. The molecule has 0 spiro atoms. The Morgan fingerprint density at radius 3 is 2.56 bits per heavy atom. The zero-order valence-electron chi connectivity index (χ0n) is 9.54. The van der Waals surface area contributed by atoms with Crippen LogP contribution in [0.5, 0.6) is 5.75 Å². The average molecular weight is 255 g/mol. The van der Waals surface area contributed by atoms with Crippen molar-refractivity contribution in [1.29, 1.82) is 0 Å². The summed E-state index contributed by atoms with van der Waals surface area (Å²) in [7, 11) is 0. The molecular weight excluding hydrogens is 244 g/mol. The predicted octanol–water partition coefficient (Wildman–Crippen LogP) is 1.98. The lowest BCUT2D eigenvalue weighted by Crippen LogP contribution is -2.35. The summed E-state index contributed by atoms with van der Waals surface area (Å²) in [5, 5.41) is 10.6. The average Bonchev–Trinajstić information content (AvgIpc) is 2.25. The van der Waals surface area contributed by atoms with Crippen LogP contribution >= 0.6 is 0 Å². The molecule has 0 aliphatic rings. The van der Waals surface area contributed by atoms with Crippen molar-refractivity contribution in [2.75, 3.05) is 6.61 Å². The lowest BCUT2D eigenvalue weighted by molar-refractivity contribution is 0.183. The summed E-state index contributed by atoms with van der Waals surface area (Å²) in [5.74, 6) is 0.0396. The van der Waals surface area contributed by atoms with E-state index < -0.39 is 29.3 Å². The molecule has 0 aliphatic carbocycles. The van der Waals surface area contributed by atoms with Crippen LogP contribution in [0.4, 0.5) is 13.6 Å². The maximum Gasteiger partial charge on any atom is 0.404 e. The molecule has 0 saturated carbocycles. The van der Waals surface area contributed by atoms with Gasteiger partial charge < -0.3 is 15.2 Å². The van der Waals surface area contributed by atoms with E-state index in [-0.39, 0.29) is 12.4 Å². The third-order valence-corrected chi connectivity index (χ3v) is 2.03. The highest BCUT2D eigenvalue weighted by Crippen LogP contribution is 2.20. The number of amides is 1. The summed E-state index contributed by atoms with van der Waals surface area (Å²) < 4.78 is 31.6. The summed E-state index contributed by atoms with van der Waals surface area (Å²) in [6, 6.07) is 1.39. The Balaban J connectivity index is 2.70. The van der Waals surface area contributed by atoms with Crippen LogP contribution < -0.4 is 10.1 Å². The minimum atomic E-state index is -1.20. The van der Waals surface area contributed by atoms with E-state index in [1.807, 2.05) is 5.92 Å². The van der Waals surface area contributed by atoms with Crippen molar-refractivity contribution < 1.29 is 23.4 Å². The van der Waals surface area contributed by atoms with Crippen LogP contribution in [-0.4, -0.2) is 23.8 Å². The van der Waals surface area contributed by atoms with Crippen molar-refractivity contribution in [2.45, 2.75) is 13.0 Å². The van der Waals surface area contributed by atoms with E-state index in [0.717, 1.165) is 12.1 Å². The first kappa shape index (κ1) is 13.8. The van der Waals surface area contributed by atoms with Gasteiger partial charge in [-0.05, 0) is 6.92 Å². The van der Waals surface area contributed by atoms with Crippen LogP contribution in [0.1, 0.15) is 12.5 Å². The molecule has 96 valence electrons. The molecular formula is C12H11F2NO3. The van der Waals surface area contributed by atoms with Gasteiger partial charge in [0.15, 0.2) is 0 Å². The van der Waals surface area contributed by atoms with Gasteiger partial charge in [-0.3, -0.25) is 0 Å². The minimum Gasteiger partial charge on any atom is -0.491 e. The molecule has 1 aromatic rings. The number of carbonyl (C=O) groups is 1. The maximum absolute atomic E-state index is 13.3. The number of hydrogen-bond donors (Lipinski definition) is 2. The molecule has 1 atom stereocenters. The van der Waals surface area contributed by atoms with Crippen molar-refractivity contribution in [3.63, 3.8) is 0 Å². The third kappa shape index (κ3) is 3.63. The van der Waals surface area contributed by atoms with Crippen LogP contribution in [0.25, 0.3) is 0 Å². The highest BCUT2D eigenvalue weighted by molar-refractivity contribution is 5.64. The van der Waals surface area contributed by atoms with E-state index >= 15 is 0 Å². The van der Waals surface area contributed by atoms with Crippen molar-refractivity contribution in [3.05, 3.63) is 29.3 Å². The largest absolute Gasteiger partial charge is 0.491 e. The fourth-order valence-electron chi connectivity index (χ4n) is 1.24. The molecule has 0 aliphatic heterocycles. The van der Waals surface area contributed by atoms with Crippen LogP contribution in [0.15, 0.2) is 12.1 Å². The van der Waals surface area contributed by atoms with E-state index in [1.54, 1.807) is 6.92 Å². The molecule has 0 radical (unpaired) electrons. The van der Waals surface area contributed by atoms with Crippen molar-refractivity contribution in [3.8, 4) is 18.1 Å². The van der Waals surface area contributed by atoms with E-state index in [2.05, 4.69) is 5.32 Å². The number of terminal acetylenes is 1. The van der Waals surface area contributed by atoms with Gasteiger partial charge >= 0.3 is 6.09 Å². The number of ether oxygens (including phenoxy) is 1. The smallest absolute Gasteiger partial charge is 0.404 e. The predicted molar refractivity (Wildman–Crippen MR) is 60.4 cm³/mol. The van der Waals surface area contributed by atoms with Crippen LogP contribution in [0, 0.1) is 24.0 Å². The normalized spacial score (nSPS) is 11.4. The molecule has 6 heteroatoms. The summed E-state index contributed by atoms with van der Waals surface area (Å²) in [4.78, 5) is 10.3. The number of benzene rings is 1. The van der Waals surface area contributed by atoms with Gasteiger partial charge in [0.05, 0.1) is 11.6 Å². The quantitative estimate of drug-likeness (QED) is 0.809. The number of rotatable bonds is 4. The van der Waals surface area contributed by atoms with Gasteiger partial charge in [0.1, 0.15) is 24.0 Å². The molecule has 2 N–H and O–H groups in total. The number of halogens is 2. The van der Waals surface area contributed by atoms with E-state index in [1.165, 1.54) is 0 Å². The fourth-order valence-corrected chi connectivity index (χ4v) is 1.24. The standard InChI is InChI=1S/C12H11F2NO3/c1-3-9-10(13)4-8(5-11(9)14)18-6-7(2)15-12(16)17/h1,4-5,7,15H,6H2,2H3,(H,16,17)/t7-/m0/s1. The van der Waals surface area contributed by atoms with Gasteiger partial charge in [-0.2, -0.15) is 0 Å². The molecule has 4 nitrogen and oxygen atoms in total. The van der Waals surface area contributed by atoms with E-state index in [0.29, 0.717) is 0 Å². The topological polar surface area (TPSA) is 58.6 Å². The summed E-state index contributed by atoms with van der Waals surface area (Å²) >= 11 is 0. The summed E-state index contributed by atoms with van der Waals surface area (Å²) in [5.41, 5.74) is -0.459. The Kier molecular flexibility index (Phi) is 4.49. The van der Waals surface area contributed by atoms with Gasteiger partial charge in [-0.1, -0.05) is 5.92 Å². The Morgan fingerprint density at radius 1 is 1.56 bits per heavy atom. The fraction of sp³-hybridized carbons (Fsp3) is 0.250. The molecule has 0 fully saturated rings. The highest BCUT2D eigenvalue weighted by Gasteiger charge is 2.11. The van der Waals surface area contributed by atoms with Crippen molar-refractivity contribution in [2.24, 2.45) is 0 Å². The van der Waals surface area contributed by atoms with Gasteiger partial charge in [-0.15, -0.1) is 6.42 Å². The lowest BCUT2D eigenvalue weighted by atomic mass is 10.2. The second kappa shape index (κ2) is 5.87. The number of nitrogens with one attached hydrogen (secondary N) is 1. The van der Waals surface area contributed by atoms with Crippen LogP contribution in [-0.2, 0) is 0 Å². The first-order valence-corrected chi connectivity index (χ1v) is 5.02. The Hall–Kier alpha value is -2.29. The molecule has 0 aromatic heterocycles. The monoisotopic (exact) mass is 255 g/mol. The molecule has 18 heavy (non-hydrogen) atoms. The Bertz CT molecular complexity index is 474. The van der Waals surface area contributed by atoms with Crippen LogP contribution in [0.3, 0.4) is 0 Å². The van der Waals surface area contributed by atoms with Gasteiger partial charge in [-0.25, -0.2) is 13.6 Å². The molecule has 1 rings (SSSR count). The molecule has 0 bridgehead atoms. The van der Waals surface area contributed by atoms with E-state index in [9.17, 15) is 13.6 Å². The van der Waals surface area contributed by atoms with Gasteiger partial charge in [0.25, 0.3) is 0 Å².